The molecule has 1 atom stereocenters. The van der Waals surface area contributed by atoms with E-state index in [-0.39, 0.29) is 5.91 Å². The van der Waals surface area contributed by atoms with Gasteiger partial charge in [0.15, 0.2) is 0 Å². The summed E-state index contributed by atoms with van der Waals surface area (Å²) in [6.45, 7) is 6.79. The summed E-state index contributed by atoms with van der Waals surface area (Å²) in [6, 6.07) is 7.53. The lowest BCUT2D eigenvalue weighted by Crippen LogP contribution is -2.37. The van der Waals surface area contributed by atoms with E-state index >= 15 is 0 Å². The summed E-state index contributed by atoms with van der Waals surface area (Å²) in [5.41, 5.74) is 1.82. The molecule has 1 N–H and O–H groups in total. The van der Waals surface area contributed by atoms with E-state index in [1.54, 1.807) is 11.8 Å². The molecule has 0 aliphatic rings. The highest BCUT2D eigenvalue weighted by atomic mass is 16.3. The van der Waals surface area contributed by atoms with Crippen molar-refractivity contribution in [2.45, 2.75) is 33.3 Å². The summed E-state index contributed by atoms with van der Waals surface area (Å²) in [5.74, 6) is -0.00671. The molecule has 0 bridgehead atoms. The molecule has 94 valence electrons. The molecular formula is C14H21NO2. The van der Waals surface area contributed by atoms with Gasteiger partial charge in [-0.15, -0.1) is 0 Å². The van der Waals surface area contributed by atoms with Crippen molar-refractivity contribution in [3.05, 3.63) is 35.4 Å². The third-order valence-corrected chi connectivity index (χ3v) is 2.56. The van der Waals surface area contributed by atoms with E-state index in [9.17, 15) is 9.90 Å². The number of carbonyl (C=O) groups is 1. The van der Waals surface area contributed by atoms with Crippen LogP contribution in [0.4, 0.5) is 0 Å². The van der Waals surface area contributed by atoms with E-state index in [0.717, 1.165) is 12.0 Å². The van der Waals surface area contributed by atoms with Crippen LogP contribution in [-0.4, -0.2) is 35.1 Å². The molecule has 1 rings (SSSR count). The molecule has 0 saturated carbocycles. The molecule has 17 heavy (non-hydrogen) atoms. The van der Waals surface area contributed by atoms with Crippen LogP contribution in [0.1, 0.15) is 36.2 Å². The molecule has 0 fully saturated rings. The van der Waals surface area contributed by atoms with Crippen LogP contribution in [-0.2, 0) is 0 Å². The van der Waals surface area contributed by atoms with Crippen LogP contribution >= 0.6 is 0 Å². The number of aliphatic hydroxyl groups is 1. The van der Waals surface area contributed by atoms with Gasteiger partial charge < -0.3 is 10.0 Å². The molecule has 0 spiro atoms. The number of hydrogen-bond acceptors (Lipinski definition) is 2. The Hall–Kier alpha value is -1.35. The van der Waals surface area contributed by atoms with Gasteiger partial charge in [-0.3, -0.25) is 4.79 Å². The second kappa shape index (κ2) is 6.40. The SMILES string of the molecule is CCCN(C[C@@H](C)O)C(=O)c1ccc(C)cc1. The van der Waals surface area contributed by atoms with Crippen molar-refractivity contribution >= 4 is 5.91 Å². The van der Waals surface area contributed by atoms with E-state index in [4.69, 9.17) is 0 Å². The van der Waals surface area contributed by atoms with Crippen LogP contribution in [0.2, 0.25) is 0 Å². The first kappa shape index (κ1) is 13.7. The fourth-order valence-electron chi connectivity index (χ4n) is 1.74. The largest absolute Gasteiger partial charge is 0.392 e. The zero-order chi connectivity index (χ0) is 12.8. The van der Waals surface area contributed by atoms with Gasteiger partial charge in [-0.1, -0.05) is 24.6 Å². The topological polar surface area (TPSA) is 40.5 Å². The maximum absolute atomic E-state index is 12.2. The first-order chi connectivity index (χ1) is 8.04. The molecule has 3 heteroatoms. The predicted molar refractivity (Wildman–Crippen MR) is 69.1 cm³/mol. The van der Waals surface area contributed by atoms with Crippen LogP contribution in [0.15, 0.2) is 24.3 Å². The quantitative estimate of drug-likeness (QED) is 0.850. The lowest BCUT2D eigenvalue weighted by atomic mass is 10.1. The number of amides is 1. The smallest absolute Gasteiger partial charge is 0.253 e. The second-order valence-corrected chi connectivity index (χ2v) is 4.47. The summed E-state index contributed by atoms with van der Waals surface area (Å²) in [4.78, 5) is 13.9. The maximum atomic E-state index is 12.2. The van der Waals surface area contributed by atoms with Crippen LogP contribution in [0, 0.1) is 6.92 Å². The third kappa shape index (κ3) is 4.19. The molecular weight excluding hydrogens is 214 g/mol. The van der Waals surface area contributed by atoms with Gasteiger partial charge in [-0.05, 0) is 32.4 Å². The van der Waals surface area contributed by atoms with E-state index in [1.165, 1.54) is 0 Å². The highest BCUT2D eigenvalue weighted by molar-refractivity contribution is 5.94. The first-order valence-corrected chi connectivity index (χ1v) is 6.08. The summed E-state index contributed by atoms with van der Waals surface area (Å²) in [7, 11) is 0. The van der Waals surface area contributed by atoms with Crippen molar-refractivity contribution in [2.24, 2.45) is 0 Å². The Morgan fingerprint density at radius 2 is 1.94 bits per heavy atom. The minimum Gasteiger partial charge on any atom is -0.392 e. The molecule has 0 heterocycles. The summed E-state index contributed by atoms with van der Waals surface area (Å²) in [6.07, 6.45) is 0.403. The van der Waals surface area contributed by atoms with Gasteiger partial charge in [-0.2, -0.15) is 0 Å². The number of benzene rings is 1. The highest BCUT2D eigenvalue weighted by Crippen LogP contribution is 2.08. The number of aliphatic hydroxyl groups excluding tert-OH is 1. The molecule has 0 saturated heterocycles. The maximum Gasteiger partial charge on any atom is 0.253 e. The van der Waals surface area contributed by atoms with Gasteiger partial charge in [0.2, 0.25) is 0 Å². The fraction of sp³-hybridized carbons (Fsp3) is 0.500. The molecule has 1 aromatic rings. The third-order valence-electron chi connectivity index (χ3n) is 2.56. The Balaban J connectivity index is 2.79. The zero-order valence-electron chi connectivity index (χ0n) is 10.8. The lowest BCUT2D eigenvalue weighted by Gasteiger charge is -2.23. The Morgan fingerprint density at radius 1 is 1.35 bits per heavy atom. The molecule has 0 unspecified atom stereocenters. The molecule has 0 aromatic heterocycles. The van der Waals surface area contributed by atoms with Gasteiger partial charge in [0.25, 0.3) is 5.91 Å². The summed E-state index contributed by atoms with van der Waals surface area (Å²) in [5, 5.41) is 9.40. The van der Waals surface area contributed by atoms with Crippen LogP contribution in [0.5, 0.6) is 0 Å². The van der Waals surface area contributed by atoms with E-state index in [0.29, 0.717) is 18.7 Å². The van der Waals surface area contributed by atoms with Gasteiger partial charge >= 0.3 is 0 Å². The fourth-order valence-corrected chi connectivity index (χ4v) is 1.74. The number of hydrogen-bond donors (Lipinski definition) is 1. The Morgan fingerprint density at radius 3 is 2.41 bits per heavy atom. The number of aryl methyl sites for hydroxylation is 1. The minimum atomic E-state index is -0.490. The minimum absolute atomic E-state index is 0.00671. The molecule has 1 amide bonds. The molecule has 0 aliphatic heterocycles. The molecule has 0 aliphatic carbocycles. The van der Waals surface area contributed by atoms with Gasteiger partial charge in [0.1, 0.15) is 0 Å². The van der Waals surface area contributed by atoms with Crippen molar-refractivity contribution < 1.29 is 9.90 Å². The molecule has 1 aromatic carbocycles. The van der Waals surface area contributed by atoms with Crippen molar-refractivity contribution in [3.63, 3.8) is 0 Å². The number of rotatable bonds is 5. The molecule has 0 radical (unpaired) electrons. The Bertz CT molecular complexity index is 357. The summed E-state index contributed by atoms with van der Waals surface area (Å²) >= 11 is 0. The second-order valence-electron chi connectivity index (χ2n) is 4.47. The van der Waals surface area contributed by atoms with Crippen LogP contribution in [0.25, 0.3) is 0 Å². The Labute approximate surface area is 103 Å². The van der Waals surface area contributed by atoms with Crippen molar-refractivity contribution in [1.29, 1.82) is 0 Å². The lowest BCUT2D eigenvalue weighted by molar-refractivity contribution is 0.0648. The van der Waals surface area contributed by atoms with Crippen molar-refractivity contribution in [1.82, 2.24) is 4.90 Å². The predicted octanol–water partition coefficient (Wildman–Crippen LogP) is 2.23. The number of carbonyl (C=O) groups excluding carboxylic acids is 1. The summed E-state index contributed by atoms with van der Waals surface area (Å²) < 4.78 is 0. The average molecular weight is 235 g/mol. The van der Waals surface area contributed by atoms with Gasteiger partial charge in [-0.25, -0.2) is 0 Å². The number of nitrogens with zero attached hydrogens (tertiary/aromatic N) is 1. The average Bonchev–Trinajstić information content (AvgIpc) is 2.28. The van der Waals surface area contributed by atoms with Gasteiger partial charge in [0, 0.05) is 18.7 Å². The first-order valence-electron chi connectivity index (χ1n) is 6.08. The van der Waals surface area contributed by atoms with Crippen LogP contribution < -0.4 is 0 Å². The monoisotopic (exact) mass is 235 g/mol. The normalized spacial score (nSPS) is 12.2. The molecule has 3 nitrogen and oxygen atoms in total. The van der Waals surface area contributed by atoms with E-state index in [2.05, 4.69) is 0 Å². The Kier molecular flexibility index (Phi) is 5.16. The van der Waals surface area contributed by atoms with E-state index in [1.807, 2.05) is 38.1 Å². The highest BCUT2D eigenvalue weighted by Gasteiger charge is 2.16. The van der Waals surface area contributed by atoms with Gasteiger partial charge in [0.05, 0.1) is 6.10 Å². The van der Waals surface area contributed by atoms with Crippen LogP contribution in [0.3, 0.4) is 0 Å². The zero-order valence-corrected chi connectivity index (χ0v) is 10.8. The van der Waals surface area contributed by atoms with Crippen molar-refractivity contribution in [2.75, 3.05) is 13.1 Å². The van der Waals surface area contributed by atoms with E-state index < -0.39 is 6.10 Å². The standard InChI is InChI=1S/C14H21NO2/c1-4-9-15(10-12(3)16)14(17)13-7-5-11(2)6-8-13/h5-8,12,16H,4,9-10H2,1-3H3/t12-/m1/s1. The van der Waals surface area contributed by atoms with Crippen molar-refractivity contribution in [3.8, 4) is 0 Å².